The number of benzene rings is 4. The molecule has 0 radical (unpaired) electrons. The van der Waals surface area contributed by atoms with Gasteiger partial charge in [-0.15, -0.1) is 0 Å². The van der Waals surface area contributed by atoms with Crippen molar-refractivity contribution in [2.24, 2.45) is 0 Å². The Balaban J connectivity index is 1.23. The van der Waals surface area contributed by atoms with Crippen LogP contribution in [0.15, 0.2) is 91.0 Å². The third-order valence-electron chi connectivity index (χ3n) is 8.02. The standard InChI is InChI=1S/C35H30N2O6/c1-21(13-14-23-9-5-4-6-10-23)43-31-20-25(16-18-30(31)42-3)36-22(2)26-17-15-24(19-29(26)35(36)41)32(38)37-33(39)27-11-7-8-12-28(27)34(37)40/h4-12,15-22H,13-14H2,1-3H3. The lowest BCUT2D eigenvalue weighted by Crippen LogP contribution is -2.36. The third kappa shape index (κ3) is 4.95. The van der Waals surface area contributed by atoms with E-state index >= 15 is 0 Å². The largest absolute Gasteiger partial charge is 0.493 e. The van der Waals surface area contributed by atoms with Gasteiger partial charge in [0.15, 0.2) is 11.5 Å². The van der Waals surface area contributed by atoms with Gasteiger partial charge in [0.25, 0.3) is 23.6 Å². The van der Waals surface area contributed by atoms with E-state index in [0.717, 1.165) is 18.4 Å². The minimum Gasteiger partial charge on any atom is -0.493 e. The van der Waals surface area contributed by atoms with Crippen LogP contribution in [0.25, 0.3) is 0 Å². The van der Waals surface area contributed by atoms with Gasteiger partial charge in [-0.25, -0.2) is 4.90 Å². The van der Waals surface area contributed by atoms with Crippen molar-refractivity contribution in [1.82, 2.24) is 4.90 Å². The van der Waals surface area contributed by atoms with Gasteiger partial charge in [-0.2, -0.15) is 0 Å². The Morgan fingerprint density at radius 1 is 0.791 bits per heavy atom. The van der Waals surface area contributed by atoms with Gasteiger partial charge >= 0.3 is 0 Å². The van der Waals surface area contributed by atoms with Crippen molar-refractivity contribution in [2.45, 2.75) is 38.8 Å². The van der Waals surface area contributed by atoms with Gasteiger partial charge in [0.05, 0.1) is 30.4 Å². The minimum absolute atomic E-state index is 0.0849. The molecule has 2 unspecified atom stereocenters. The number of rotatable bonds is 8. The number of ether oxygens (including phenoxy) is 2. The molecular formula is C35H30N2O6. The second-order valence-corrected chi connectivity index (χ2v) is 10.7. The molecule has 8 heteroatoms. The van der Waals surface area contributed by atoms with E-state index in [4.69, 9.17) is 9.47 Å². The van der Waals surface area contributed by atoms with Crippen LogP contribution in [-0.2, 0) is 6.42 Å². The molecule has 0 aromatic heterocycles. The Hall–Kier alpha value is -5.24. The number of hydrogen-bond acceptors (Lipinski definition) is 6. The minimum atomic E-state index is -0.766. The average molecular weight is 575 g/mol. The number of imide groups is 3. The van der Waals surface area contributed by atoms with E-state index in [1.807, 2.05) is 32.0 Å². The van der Waals surface area contributed by atoms with Crippen LogP contribution in [0.4, 0.5) is 5.69 Å². The molecule has 0 fully saturated rings. The van der Waals surface area contributed by atoms with E-state index in [1.54, 1.807) is 54.5 Å². The smallest absolute Gasteiger partial charge is 0.268 e. The van der Waals surface area contributed by atoms with Gasteiger partial charge in [-0.1, -0.05) is 48.5 Å². The highest BCUT2D eigenvalue weighted by Gasteiger charge is 2.41. The number of amides is 4. The second-order valence-electron chi connectivity index (χ2n) is 10.7. The fraction of sp³-hybridized carbons (Fsp3) is 0.200. The lowest BCUT2D eigenvalue weighted by atomic mass is 10.0. The van der Waals surface area contributed by atoms with Crippen molar-refractivity contribution in [3.63, 3.8) is 0 Å². The molecule has 2 heterocycles. The van der Waals surface area contributed by atoms with E-state index in [0.29, 0.717) is 27.6 Å². The summed E-state index contributed by atoms with van der Waals surface area (Å²) >= 11 is 0. The van der Waals surface area contributed by atoms with Gasteiger partial charge in [0, 0.05) is 22.9 Å². The van der Waals surface area contributed by atoms with Crippen molar-refractivity contribution >= 4 is 29.3 Å². The number of carbonyl (C=O) groups excluding carboxylic acids is 4. The number of aryl methyl sites for hydroxylation is 1. The van der Waals surface area contributed by atoms with Gasteiger partial charge in [-0.05, 0) is 74.2 Å². The van der Waals surface area contributed by atoms with Crippen LogP contribution in [-0.4, -0.2) is 41.7 Å². The molecule has 4 amide bonds. The summed E-state index contributed by atoms with van der Waals surface area (Å²) in [6, 6.07) is 26.3. The first-order valence-electron chi connectivity index (χ1n) is 14.2. The molecule has 4 aromatic rings. The average Bonchev–Trinajstić information content (AvgIpc) is 3.43. The predicted molar refractivity (Wildman–Crippen MR) is 161 cm³/mol. The molecule has 4 aromatic carbocycles. The van der Waals surface area contributed by atoms with Crippen LogP contribution < -0.4 is 14.4 Å². The van der Waals surface area contributed by atoms with E-state index in [-0.39, 0.29) is 34.7 Å². The summed E-state index contributed by atoms with van der Waals surface area (Å²) in [6.45, 7) is 3.91. The SMILES string of the molecule is COc1ccc(N2C(=O)c3cc(C(=O)N4C(=O)c5ccccc5C4=O)ccc3C2C)cc1OC(C)CCc1ccccc1. The summed E-state index contributed by atoms with van der Waals surface area (Å²) in [5, 5.41) is 0. The van der Waals surface area contributed by atoms with Gasteiger partial charge in [0.2, 0.25) is 0 Å². The van der Waals surface area contributed by atoms with Crippen LogP contribution in [0.5, 0.6) is 11.5 Å². The second kappa shape index (κ2) is 11.2. The topological polar surface area (TPSA) is 93.2 Å². The molecule has 6 rings (SSSR count). The third-order valence-corrected chi connectivity index (χ3v) is 8.02. The zero-order valence-corrected chi connectivity index (χ0v) is 24.1. The molecular weight excluding hydrogens is 544 g/mol. The fourth-order valence-corrected chi connectivity index (χ4v) is 5.72. The number of anilines is 1. The van der Waals surface area contributed by atoms with Crippen molar-refractivity contribution in [3.05, 3.63) is 124 Å². The van der Waals surface area contributed by atoms with Crippen molar-refractivity contribution in [1.29, 1.82) is 0 Å². The Labute approximate surface area is 249 Å². The first kappa shape index (κ1) is 27.9. The van der Waals surface area contributed by atoms with Gasteiger partial charge < -0.3 is 14.4 Å². The number of nitrogens with zero attached hydrogens (tertiary/aromatic N) is 2. The maximum absolute atomic E-state index is 13.8. The van der Waals surface area contributed by atoms with Crippen LogP contribution in [0.2, 0.25) is 0 Å². The molecule has 8 nitrogen and oxygen atoms in total. The molecule has 2 atom stereocenters. The van der Waals surface area contributed by atoms with E-state index in [1.165, 1.54) is 23.8 Å². The molecule has 216 valence electrons. The normalized spacial score (nSPS) is 16.3. The first-order chi connectivity index (χ1) is 20.8. The van der Waals surface area contributed by atoms with E-state index < -0.39 is 17.7 Å². The van der Waals surface area contributed by atoms with Gasteiger partial charge in [-0.3, -0.25) is 19.2 Å². The Morgan fingerprint density at radius 2 is 1.47 bits per heavy atom. The van der Waals surface area contributed by atoms with Crippen LogP contribution >= 0.6 is 0 Å². The van der Waals surface area contributed by atoms with Crippen molar-refractivity contribution in [2.75, 3.05) is 12.0 Å². The number of carbonyl (C=O) groups is 4. The highest BCUT2D eigenvalue weighted by Crippen LogP contribution is 2.41. The lowest BCUT2D eigenvalue weighted by Gasteiger charge is -2.24. The predicted octanol–water partition coefficient (Wildman–Crippen LogP) is 6.25. The van der Waals surface area contributed by atoms with Crippen LogP contribution in [0.1, 0.15) is 78.9 Å². The molecule has 0 spiro atoms. The summed E-state index contributed by atoms with van der Waals surface area (Å²) in [5.41, 5.74) is 3.38. The van der Waals surface area contributed by atoms with Crippen LogP contribution in [0, 0.1) is 0 Å². The zero-order chi connectivity index (χ0) is 30.2. The fourth-order valence-electron chi connectivity index (χ4n) is 5.72. The Kier molecular flexibility index (Phi) is 7.27. The summed E-state index contributed by atoms with van der Waals surface area (Å²) in [6.07, 6.45) is 1.55. The molecule has 0 bridgehead atoms. The maximum atomic E-state index is 13.8. The lowest BCUT2D eigenvalue weighted by molar-refractivity contribution is 0.0566. The summed E-state index contributed by atoms with van der Waals surface area (Å²) in [4.78, 5) is 55.1. The Bertz CT molecular complexity index is 1730. The van der Waals surface area contributed by atoms with E-state index in [9.17, 15) is 19.2 Å². The first-order valence-corrected chi connectivity index (χ1v) is 14.2. The van der Waals surface area contributed by atoms with Crippen LogP contribution in [0.3, 0.4) is 0 Å². The molecule has 2 aliphatic heterocycles. The Morgan fingerprint density at radius 3 is 2.14 bits per heavy atom. The zero-order valence-electron chi connectivity index (χ0n) is 24.1. The quantitative estimate of drug-likeness (QED) is 0.231. The highest BCUT2D eigenvalue weighted by molar-refractivity contribution is 6.31. The summed E-state index contributed by atoms with van der Waals surface area (Å²) < 4.78 is 11.8. The monoisotopic (exact) mass is 574 g/mol. The number of methoxy groups -OCH3 is 1. The molecule has 0 aliphatic carbocycles. The molecule has 0 N–H and O–H groups in total. The number of fused-ring (bicyclic) bond motifs is 2. The van der Waals surface area contributed by atoms with Crippen molar-refractivity contribution < 1.29 is 28.7 Å². The van der Waals surface area contributed by atoms with Gasteiger partial charge in [0.1, 0.15) is 0 Å². The maximum Gasteiger partial charge on any atom is 0.268 e. The molecule has 2 aliphatic rings. The highest BCUT2D eigenvalue weighted by atomic mass is 16.5. The molecule has 0 saturated heterocycles. The molecule has 0 saturated carbocycles. The number of hydrogen-bond donors (Lipinski definition) is 0. The van der Waals surface area contributed by atoms with Crippen molar-refractivity contribution in [3.8, 4) is 11.5 Å². The summed E-state index contributed by atoms with van der Waals surface area (Å²) in [7, 11) is 1.57. The van der Waals surface area contributed by atoms with E-state index in [2.05, 4.69) is 12.1 Å². The summed E-state index contributed by atoms with van der Waals surface area (Å²) in [5.74, 6) is -1.32. The molecule has 43 heavy (non-hydrogen) atoms.